The fraction of sp³-hybridized carbons (Fsp3) is 0.542. The molecule has 5 heteroatoms. The third kappa shape index (κ3) is 4.19. The Morgan fingerprint density at radius 2 is 2.17 bits per heavy atom. The zero-order valence-electron chi connectivity index (χ0n) is 17.2. The largest absolute Gasteiger partial charge is 0.489 e. The molecular formula is C24H30O5. The highest BCUT2D eigenvalue weighted by Crippen LogP contribution is 2.53. The summed E-state index contributed by atoms with van der Waals surface area (Å²) in [6.07, 6.45) is 3.88. The second-order valence-corrected chi connectivity index (χ2v) is 8.11. The zero-order chi connectivity index (χ0) is 21.1. The molecule has 0 amide bonds. The lowest BCUT2D eigenvalue weighted by Gasteiger charge is -2.20. The predicted octanol–water partition coefficient (Wildman–Crippen LogP) is 3.46. The Morgan fingerprint density at radius 3 is 2.83 bits per heavy atom. The lowest BCUT2D eigenvalue weighted by Crippen LogP contribution is -2.19. The van der Waals surface area contributed by atoms with Crippen LogP contribution < -0.4 is 4.74 Å². The van der Waals surface area contributed by atoms with Crippen molar-refractivity contribution in [3.8, 4) is 17.6 Å². The number of hydrogen-bond donors (Lipinski definition) is 3. The molecule has 0 spiro atoms. The Hall–Kier alpha value is -2.29. The van der Waals surface area contributed by atoms with Crippen LogP contribution in [-0.4, -0.2) is 39.6 Å². The van der Waals surface area contributed by atoms with E-state index < -0.39 is 24.1 Å². The van der Waals surface area contributed by atoms with Gasteiger partial charge in [0.2, 0.25) is 0 Å². The Bertz CT molecular complexity index is 833. The number of aliphatic hydroxyl groups excluding tert-OH is 2. The number of fused-ring (bicyclic) bond motifs is 3. The molecule has 3 rings (SSSR count). The second-order valence-electron chi connectivity index (χ2n) is 8.11. The van der Waals surface area contributed by atoms with Crippen molar-refractivity contribution in [2.75, 3.05) is 0 Å². The maximum Gasteiger partial charge on any atom is 0.311 e. The van der Waals surface area contributed by atoms with Crippen LogP contribution >= 0.6 is 0 Å². The second kappa shape index (κ2) is 9.02. The van der Waals surface area contributed by atoms with E-state index in [2.05, 4.69) is 11.8 Å². The number of hydrogen-bond acceptors (Lipinski definition) is 4. The molecule has 1 fully saturated rings. The lowest BCUT2D eigenvalue weighted by molar-refractivity contribution is -0.138. The van der Waals surface area contributed by atoms with Crippen LogP contribution in [0.4, 0.5) is 0 Å². The van der Waals surface area contributed by atoms with Crippen molar-refractivity contribution < 1.29 is 24.9 Å². The van der Waals surface area contributed by atoms with Crippen molar-refractivity contribution in [1.29, 1.82) is 0 Å². The molecule has 3 N–H and O–H groups in total. The Morgan fingerprint density at radius 1 is 1.41 bits per heavy atom. The van der Waals surface area contributed by atoms with Gasteiger partial charge in [-0.1, -0.05) is 44.2 Å². The minimum Gasteiger partial charge on any atom is -0.489 e. The van der Waals surface area contributed by atoms with Crippen LogP contribution in [0.2, 0.25) is 0 Å². The van der Waals surface area contributed by atoms with Gasteiger partial charge in [-0.25, -0.2) is 0 Å². The Labute approximate surface area is 172 Å². The zero-order valence-corrected chi connectivity index (χ0v) is 17.2. The summed E-state index contributed by atoms with van der Waals surface area (Å²) in [4.78, 5) is 11.7. The van der Waals surface area contributed by atoms with Gasteiger partial charge in [-0.2, -0.15) is 0 Å². The molecule has 29 heavy (non-hydrogen) atoms. The topological polar surface area (TPSA) is 87.0 Å². The standard InChI is InChI=1S/C24H30O5/c1-4-6-8-14(3)19(25)12-11-17-20(26)13-21-22(17)18-10-7-9-16(23(18)29-21)15(5-2)24(27)28/h7,9-12,14-15,17,19-22,25-26H,5,8,13H2,1-3H3,(H,27,28)/t14?,15-,17+,19-,20-,21+,22+/m1/s1. The van der Waals surface area contributed by atoms with Gasteiger partial charge in [0.05, 0.1) is 18.1 Å². The van der Waals surface area contributed by atoms with E-state index in [1.807, 2.05) is 38.1 Å². The smallest absolute Gasteiger partial charge is 0.311 e. The van der Waals surface area contributed by atoms with Gasteiger partial charge in [0, 0.05) is 35.8 Å². The molecular weight excluding hydrogens is 368 g/mol. The van der Waals surface area contributed by atoms with Gasteiger partial charge in [0.25, 0.3) is 0 Å². The van der Waals surface area contributed by atoms with Gasteiger partial charge < -0.3 is 20.1 Å². The molecule has 7 atom stereocenters. The summed E-state index contributed by atoms with van der Waals surface area (Å²) in [5.74, 6) is 4.81. The molecule has 1 heterocycles. The van der Waals surface area contributed by atoms with Crippen LogP contribution in [0.1, 0.15) is 63.0 Å². The molecule has 1 saturated carbocycles. The Kier molecular flexibility index (Phi) is 6.66. The molecule has 0 saturated heterocycles. The predicted molar refractivity (Wildman–Crippen MR) is 111 cm³/mol. The van der Waals surface area contributed by atoms with Crippen molar-refractivity contribution in [1.82, 2.24) is 0 Å². The van der Waals surface area contributed by atoms with E-state index in [0.717, 1.165) is 5.56 Å². The first-order valence-corrected chi connectivity index (χ1v) is 10.3. The lowest BCUT2D eigenvalue weighted by atomic mass is 9.84. The summed E-state index contributed by atoms with van der Waals surface area (Å²) >= 11 is 0. The summed E-state index contributed by atoms with van der Waals surface area (Å²) in [6, 6.07) is 5.66. The van der Waals surface area contributed by atoms with Crippen molar-refractivity contribution in [3.05, 3.63) is 41.5 Å². The average Bonchev–Trinajstić information content (AvgIpc) is 3.19. The maximum absolute atomic E-state index is 11.7. The van der Waals surface area contributed by atoms with Crippen LogP contribution in [-0.2, 0) is 4.79 Å². The number of rotatable bonds is 7. The van der Waals surface area contributed by atoms with E-state index in [4.69, 9.17) is 4.74 Å². The number of para-hydroxylation sites is 1. The molecule has 0 bridgehead atoms. The van der Waals surface area contributed by atoms with Gasteiger partial charge in [-0.15, -0.1) is 11.8 Å². The number of ether oxygens (including phenoxy) is 1. The summed E-state index contributed by atoms with van der Waals surface area (Å²) in [5.41, 5.74) is 1.66. The third-order valence-corrected chi connectivity index (χ3v) is 6.23. The highest BCUT2D eigenvalue weighted by Gasteiger charge is 2.49. The van der Waals surface area contributed by atoms with Crippen molar-refractivity contribution >= 4 is 5.97 Å². The maximum atomic E-state index is 11.7. The summed E-state index contributed by atoms with van der Waals surface area (Å²) in [7, 11) is 0. The first-order valence-electron chi connectivity index (χ1n) is 10.3. The highest BCUT2D eigenvalue weighted by atomic mass is 16.5. The first kappa shape index (κ1) is 21.4. The highest BCUT2D eigenvalue weighted by molar-refractivity contribution is 5.77. The molecule has 1 aliphatic heterocycles. The van der Waals surface area contributed by atoms with Crippen molar-refractivity contribution in [3.63, 3.8) is 0 Å². The van der Waals surface area contributed by atoms with Crippen LogP contribution in [0.15, 0.2) is 30.4 Å². The molecule has 1 aromatic carbocycles. The number of benzene rings is 1. The van der Waals surface area contributed by atoms with E-state index in [0.29, 0.717) is 30.6 Å². The van der Waals surface area contributed by atoms with E-state index >= 15 is 0 Å². The van der Waals surface area contributed by atoms with Crippen LogP contribution in [0.25, 0.3) is 0 Å². The van der Waals surface area contributed by atoms with Gasteiger partial charge >= 0.3 is 5.97 Å². The quantitative estimate of drug-likeness (QED) is 0.484. The number of aliphatic carboxylic acids is 1. The monoisotopic (exact) mass is 398 g/mol. The molecule has 1 unspecified atom stereocenters. The van der Waals surface area contributed by atoms with E-state index in [-0.39, 0.29) is 23.9 Å². The van der Waals surface area contributed by atoms with Crippen molar-refractivity contribution in [2.24, 2.45) is 11.8 Å². The molecule has 1 aromatic rings. The van der Waals surface area contributed by atoms with Crippen LogP contribution in [0.3, 0.4) is 0 Å². The van der Waals surface area contributed by atoms with Gasteiger partial charge in [-0.05, 0) is 19.3 Å². The SMILES string of the molecule is CC#CCC(C)[C@H](O)C=C[C@@H]1[C@H]2c3cccc([C@@H](CC)C(=O)O)c3O[C@H]2C[C@H]1O. The molecule has 156 valence electrons. The fourth-order valence-electron chi connectivity index (χ4n) is 4.55. The van der Waals surface area contributed by atoms with Crippen molar-refractivity contribution in [2.45, 2.75) is 70.2 Å². The number of carbonyl (C=O) groups is 1. The minimum atomic E-state index is -0.856. The van der Waals surface area contributed by atoms with E-state index in [9.17, 15) is 20.1 Å². The van der Waals surface area contributed by atoms with E-state index in [1.54, 1.807) is 13.0 Å². The average molecular weight is 398 g/mol. The number of aliphatic hydroxyl groups is 2. The third-order valence-electron chi connectivity index (χ3n) is 6.23. The number of carboxylic acid groups (broad SMARTS) is 1. The van der Waals surface area contributed by atoms with Gasteiger partial charge in [0.1, 0.15) is 11.9 Å². The molecule has 0 aromatic heterocycles. The molecule has 0 radical (unpaired) electrons. The number of carboxylic acids is 1. The Balaban J connectivity index is 1.86. The first-order chi connectivity index (χ1) is 13.9. The summed E-state index contributed by atoms with van der Waals surface area (Å²) in [5, 5.41) is 30.6. The van der Waals surface area contributed by atoms with E-state index in [1.165, 1.54) is 0 Å². The normalized spacial score (nSPS) is 28.0. The minimum absolute atomic E-state index is 0.00707. The fourth-order valence-corrected chi connectivity index (χ4v) is 4.55. The summed E-state index contributed by atoms with van der Waals surface area (Å²) < 4.78 is 6.17. The molecule has 5 nitrogen and oxygen atoms in total. The van der Waals surface area contributed by atoms with Crippen LogP contribution in [0, 0.1) is 23.7 Å². The molecule has 2 aliphatic rings. The van der Waals surface area contributed by atoms with Gasteiger partial charge in [-0.3, -0.25) is 4.79 Å². The van der Waals surface area contributed by atoms with Gasteiger partial charge in [0.15, 0.2) is 0 Å². The van der Waals surface area contributed by atoms with Crippen LogP contribution in [0.5, 0.6) is 5.75 Å². The summed E-state index contributed by atoms with van der Waals surface area (Å²) in [6.45, 7) is 5.59. The molecule has 1 aliphatic carbocycles.